The summed E-state index contributed by atoms with van der Waals surface area (Å²) in [6.45, 7) is 8.92. The van der Waals surface area contributed by atoms with Crippen molar-refractivity contribution in [2.24, 2.45) is 5.92 Å². The molecule has 2 aliphatic rings. The Kier molecular flexibility index (Phi) is 6.79. The Balaban J connectivity index is 1.42. The van der Waals surface area contributed by atoms with Crippen molar-refractivity contribution in [1.82, 2.24) is 14.9 Å². The monoisotopic (exact) mass is 524 g/mol. The summed E-state index contributed by atoms with van der Waals surface area (Å²) >= 11 is 0. The van der Waals surface area contributed by atoms with Crippen molar-refractivity contribution in [2.75, 3.05) is 24.6 Å². The zero-order valence-electron chi connectivity index (χ0n) is 22.0. The first-order valence-corrected chi connectivity index (χ1v) is 14.5. The summed E-state index contributed by atoms with van der Waals surface area (Å²) in [6, 6.07) is 12.0. The van der Waals surface area contributed by atoms with E-state index in [4.69, 9.17) is 9.72 Å². The number of hydrogen-bond acceptors (Lipinski definition) is 5. The molecule has 0 bridgehead atoms. The van der Waals surface area contributed by atoms with Gasteiger partial charge in [0.05, 0.1) is 21.6 Å². The fourth-order valence-corrected chi connectivity index (χ4v) is 6.02. The van der Waals surface area contributed by atoms with Gasteiger partial charge in [-0.15, -0.1) is 0 Å². The van der Waals surface area contributed by atoms with Gasteiger partial charge in [0.1, 0.15) is 5.82 Å². The van der Waals surface area contributed by atoms with E-state index in [9.17, 15) is 13.2 Å². The fraction of sp³-hybridized carbons (Fsp3) is 0.500. The largest absolute Gasteiger partial charge is 0.381 e. The van der Waals surface area contributed by atoms with Crippen molar-refractivity contribution in [3.63, 3.8) is 0 Å². The van der Waals surface area contributed by atoms with E-state index >= 15 is 0 Å². The van der Waals surface area contributed by atoms with Crippen molar-refractivity contribution in [3.8, 4) is 0 Å². The highest BCUT2D eigenvalue weighted by Crippen LogP contribution is 2.32. The number of anilines is 1. The van der Waals surface area contributed by atoms with Crippen molar-refractivity contribution >= 4 is 32.7 Å². The Morgan fingerprint density at radius 2 is 1.76 bits per heavy atom. The number of nitrogens with one attached hydrogen (secondary N) is 1. The maximum atomic E-state index is 13.4. The molecule has 5 rings (SSSR count). The minimum absolute atomic E-state index is 0.137. The zero-order chi connectivity index (χ0) is 26.4. The Bertz CT molecular complexity index is 1400. The first-order chi connectivity index (χ1) is 17.5. The first kappa shape index (κ1) is 25.7. The van der Waals surface area contributed by atoms with Crippen molar-refractivity contribution < 1.29 is 17.9 Å². The number of carbonyl (C=O) groups is 1. The maximum absolute atomic E-state index is 13.4. The molecule has 2 fully saturated rings. The fourth-order valence-electron chi connectivity index (χ4n) is 4.83. The second-order valence-corrected chi connectivity index (χ2v) is 13.2. The molecule has 3 aromatic rings. The molecule has 1 saturated carbocycles. The van der Waals surface area contributed by atoms with Gasteiger partial charge >= 0.3 is 0 Å². The number of hydrogen-bond donors (Lipinski definition) is 1. The molecule has 1 aliphatic carbocycles. The summed E-state index contributed by atoms with van der Waals surface area (Å²) in [7, 11) is -2.27. The Morgan fingerprint density at radius 3 is 2.38 bits per heavy atom. The number of ether oxygens (including phenoxy) is 1. The molecule has 0 unspecified atom stereocenters. The number of imidazole rings is 1. The number of carbonyl (C=O) groups excluding carboxylic acids is 1. The van der Waals surface area contributed by atoms with Crippen LogP contribution in [0.1, 0.15) is 62.6 Å². The smallest absolute Gasteiger partial charge is 0.264 e. The van der Waals surface area contributed by atoms with Crippen molar-refractivity contribution in [2.45, 2.75) is 69.4 Å². The number of rotatable bonds is 7. The van der Waals surface area contributed by atoms with Gasteiger partial charge in [0.2, 0.25) is 0 Å². The molecule has 0 spiro atoms. The Labute approximate surface area is 219 Å². The number of aromatic nitrogens is 2. The minimum Gasteiger partial charge on any atom is -0.381 e. The van der Waals surface area contributed by atoms with Gasteiger partial charge in [-0.3, -0.25) is 9.10 Å². The van der Waals surface area contributed by atoms with E-state index < -0.39 is 10.0 Å². The molecule has 2 aromatic carbocycles. The van der Waals surface area contributed by atoms with Crippen LogP contribution >= 0.6 is 0 Å². The van der Waals surface area contributed by atoms with Gasteiger partial charge in [0.15, 0.2) is 0 Å². The van der Waals surface area contributed by atoms with Gasteiger partial charge in [0.25, 0.3) is 15.9 Å². The Hall–Kier alpha value is -2.91. The summed E-state index contributed by atoms with van der Waals surface area (Å²) < 4.78 is 36.0. The van der Waals surface area contributed by atoms with Crippen molar-refractivity contribution in [1.29, 1.82) is 0 Å². The Morgan fingerprint density at radius 1 is 1.08 bits per heavy atom. The molecule has 2 heterocycles. The quantitative estimate of drug-likeness (QED) is 0.492. The zero-order valence-corrected chi connectivity index (χ0v) is 22.8. The van der Waals surface area contributed by atoms with Gasteiger partial charge < -0.3 is 14.6 Å². The van der Waals surface area contributed by atoms with Crippen LogP contribution in [0.25, 0.3) is 11.0 Å². The molecule has 0 radical (unpaired) electrons. The highest BCUT2D eigenvalue weighted by molar-refractivity contribution is 7.92. The van der Waals surface area contributed by atoms with Gasteiger partial charge in [-0.1, -0.05) is 20.8 Å². The van der Waals surface area contributed by atoms with Crippen LogP contribution in [-0.2, 0) is 26.7 Å². The summed E-state index contributed by atoms with van der Waals surface area (Å²) in [5, 5.41) is 2.92. The second kappa shape index (κ2) is 9.76. The van der Waals surface area contributed by atoms with Crippen molar-refractivity contribution in [3.05, 3.63) is 53.9 Å². The third-order valence-electron chi connectivity index (χ3n) is 7.24. The molecular weight excluding hydrogens is 488 g/mol. The third kappa shape index (κ3) is 5.38. The number of nitrogens with zero attached hydrogens (tertiary/aromatic N) is 3. The number of benzene rings is 2. The van der Waals surface area contributed by atoms with Gasteiger partial charge in [0, 0.05) is 43.8 Å². The number of fused-ring (bicyclic) bond motifs is 1. The lowest BCUT2D eigenvalue weighted by atomic mass is 9.94. The standard InChI is InChI=1S/C28H36N4O4S/c1-28(2,3)27-30-24-17-22(9-12-25(24)32(27)18-19-13-15-36-16-14-19)31(4)37(34,35)23-10-5-20(6-11-23)26(33)29-21-7-8-21/h5-6,9-12,17,19,21H,7-8,13-16,18H2,1-4H3,(H,29,33). The normalized spacial score (nSPS) is 17.2. The third-order valence-corrected chi connectivity index (χ3v) is 9.04. The molecule has 37 heavy (non-hydrogen) atoms. The topological polar surface area (TPSA) is 93.5 Å². The number of sulfonamides is 1. The summed E-state index contributed by atoms with van der Waals surface area (Å²) in [4.78, 5) is 17.4. The molecular formula is C28H36N4O4S. The van der Waals surface area contributed by atoms with Crippen LogP contribution in [0.5, 0.6) is 0 Å². The summed E-state index contributed by atoms with van der Waals surface area (Å²) in [6.07, 6.45) is 4.06. The molecule has 8 nitrogen and oxygen atoms in total. The van der Waals surface area contributed by atoms with E-state index in [0.29, 0.717) is 17.2 Å². The van der Waals surface area contributed by atoms with Gasteiger partial charge in [-0.05, 0) is 74.1 Å². The lowest BCUT2D eigenvalue weighted by Gasteiger charge is -2.26. The molecule has 1 amide bonds. The predicted molar refractivity (Wildman–Crippen MR) is 144 cm³/mol. The first-order valence-electron chi connectivity index (χ1n) is 13.0. The maximum Gasteiger partial charge on any atom is 0.264 e. The molecule has 1 aliphatic heterocycles. The molecule has 1 saturated heterocycles. The lowest BCUT2D eigenvalue weighted by Crippen LogP contribution is -2.27. The van der Waals surface area contributed by atoms with E-state index in [1.54, 1.807) is 19.2 Å². The molecule has 1 N–H and O–H groups in total. The van der Waals surface area contributed by atoms with Gasteiger partial charge in [-0.2, -0.15) is 0 Å². The molecule has 9 heteroatoms. The van der Waals surface area contributed by atoms with Crippen LogP contribution in [0.15, 0.2) is 47.4 Å². The van der Waals surface area contributed by atoms with Crippen LogP contribution in [0.3, 0.4) is 0 Å². The van der Waals surface area contributed by atoms with Gasteiger partial charge in [-0.25, -0.2) is 13.4 Å². The van der Waals surface area contributed by atoms with Crippen LogP contribution < -0.4 is 9.62 Å². The predicted octanol–water partition coefficient (Wildman–Crippen LogP) is 4.48. The van der Waals surface area contributed by atoms with E-state index in [1.165, 1.54) is 16.4 Å². The van der Waals surface area contributed by atoms with E-state index in [1.807, 2.05) is 18.2 Å². The lowest BCUT2D eigenvalue weighted by molar-refractivity contribution is 0.0611. The summed E-state index contributed by atoms with van der Waals surface area (Å²) in [5.41, 5.74) is 2.63. The van der Waals surface area contributed by atoms with Crippen LogP contribution in [-0.4, -0.2) is 50.2 Å². The van der Waals surface area contributed by atoms with E-state index in [2.05, 4.69) is 30.7 Å². The van der Waals surface area contributed by atoms with Crippen LogP contribution in [0.2, 0.25) is 0 Å². The van der Waals surface area contributed by atoms with Crippen LogP contribution in [0, 0.1) is 5.92 Å². The van der Waals surface area contributed by atoms with E-state index in [0.717, 1.165) is 62.3 Å². The van der Waals surface area contributed by atoms with Crippen LogP contribution in [0.4, 0.5) is 5.69 Å². The number of amides is 1. The van der Waals surface area contributed by atoms with E-state index in [-0.39, 0.29) is 22.3 Å². The average Bonchev–Trinajstić information content (AvgIpc) is 3.62. The molecule has 0 atom stereocenters. The SMILES string of the molecule is CN(c1ccc2c(c1)nc(C(C)(C)C)n2CC1CCOCC1)S(=O)(=O)c1ccc(C(=O)NC2CC2)cc1. The average molecular weight is 525 g/mol. The highest BCUT2D eigenvalue weighted by atomic mass is 32.2. The summed E-state index contributed by atoms with van der Waals surface area (Å²) in [5.74, 6) is 1.36. The second-order valence-electron chi connectivity index (χ2n) is 11.3. The molecule has 198 valence electrons. The minimum atomic E-state index is -3.82. The molecule has 1 aromatic heterocycles. The highest BCUT2D eigenvalue weighted by Gasteiger charge is 2.28.